The summed E-state index contributed by atoms with van der Waals surface area (Å²) < 4.78 is 13.0. The van der Waals surface area contributed by atoms with Crippen molar-refractivity contribution in [2.75, 3.05) is 57.3 Å². The first-order chi connectivity index (χ1) is 10.8. The number of halogens is 1. The lowest BCUT2D eigenvalue weighted by Gasteiger charge is -2.36. The fraction of sp³-hybridized carbons (Fsp3) is 0.562. The minimum absolute atomic E-state index is 0.173. The number of aliphatic imine (C=N–C) groups is 1. The molecule has 1 aromatic rings. The number of guanidine groups is 1. The van der Waals surface area contributed by atoms with E-state index in [2.05, 4.69) is 25.4 Å². The predicted molar refractivity (Wildman–Crippen MR) is 88.0 cm³/mol. The third-order valence-electron chi connectivity index (χ3n) is 4.18. The van der Waals surface area contributed by atoms with Gasteiger partial charge in [-0.05, 0) is 30.7 Å². The Morgan fingerprint density at radius 2 is 1.91 bits per heavy atom. The quantitative estimate of drug-likeness (QED) is 0.867. The lowest BCUT2D eigenvalue weighted by atomic mass is 10.2. The van der Waals surface area contributed by atoms with Crippen LogP contribution >= 0.6 is 0 Å². The van der Waals surface area contributed by atoms with Crippen molar-refractivity contribution in [3.05, 3.63) is 30.1 Å². The van der Waals surface area contributed by atoms with Crippen molar-refractivity contribution in [2.45, 2.75) is 6.42 Å². The second kappa shape index (κ2) is 7.45. The van der Waals surface area contributed by atoms with E-state index >= 15 is 0 Å². The molecule has 0 atom stereocenters. The lowest BCUT2D eigenvalue weighted by Crippen LogP contribution is -2.49. The van der Waals surface area contributed by atoms with Gasteiger partial charge >= 0.3 is 0 Å². The van der Waals surface area contributed by atoms with E-state index in [1.165, 1.54) is 12.1 Å². The summed E-state index contributed by atoms with van der Waals surface area (Å²) in [4.78, 5) is 9.18. The average Bonchev–Trinajstić information content (AvgIpc) is 2.57. The van der Waals surface area contributed by atoms with Crippen LogP contribution in [0.3, 0.4) is 0 Å². The van der Waals surface area contributed by atoms with Crippen LogP contribution in [-0.4, -0.2) is 63.2 Å². The van der Waals surface area contributed by atoms with Crippen LogP contribution in [0.1, 0.15) is 6.42 Å². The maximum Gasteiger partial charge on any atom is 0.191 e. The third kappa shape index (κ3) is 4.10. The molecule has 0 saturated carbocycles. The minimum atomic E-state index is -0.173. The van der Waals surface area contributed by atoms with Gasteiger partial charge in [-0.1, -0.05) is 0 Å². The summed E-state index contributed by atoms with van der Waals surface area (Å²) in [5, 5.41) is 6.63. The number of benzene rings is 1. The molecule has 0 radical (unpaired) electrons. The molecule has 5 nitrogen and oxygen atoms in total. The van der Waals surface area contributed by atoms with Crippen LogP contribution < -0.4 is 15.5 Å². The van der Waals surface area contributed by atoms with Gasteiger partial charge in [0.05, 0.1) is 0 Å². The van der Waals surface area contributed by atoms with E-state index in [0.29, 0.717) is 0 Å². The number of hydrogen-bond acceptors (Lipinski definition) is 5. The van der Waals surface area contributed by atoms with Gasteiger partial charge < -0.3 is 15.5 Å². The molecule has 1 fully saturated rings. The highest BCUT2D eigenvalue weighted by Gasteiger charge is 2.17. The average molecular weight is 305 g/mol. The molecule has 2 N–H and O–H groups in total. The third-order valence-corrected chi connectivity index (χ3v) is 4.18. The Morgan fingerprint density at radius 1 is 1.14 bits per heavy atom. The molecule has 1 aromatic carbocycles. The van der Waals surface area contributed by atoms with E-state index in [0.717, 1.165) is 70.4 Å². The molecule has 0 bridgehead atoms. The monoisotopic (exact) mass is 305 g/mol. The first kappa shape index (κ1) is 15.1. The standard InChI is InChI=1S/C16H24FN5/c17-14-2-4-15(5-3-14)22-12-10-21(11-13-22)9-8-20-16-18-6-1-7-19-16/h2-5H,1,6-13H2,(H2,18,19,20). The second-order valence-corrected chi connectivity index (χ2v) is 5.74. The summed E-state index contributed by atoms with van der Waals surface area (Å²) in [6.07, 6.45) is 1.12. The Bertz CT molecular complexity index is 494. The van der Waals surface area contributed by atoms with Gasteiger partial charge in [-0.3, -0.25) is 9.89 Å². The molecule has 1 saturated heterocycles. The number of nitrogens with one attached hydrogen (secondary N) is 2. The number of piperazine rings is 1. The molecule has 6 heteroatoms. The molecule has 22 heavy (non-hydrogen) atoms. The molecule has 3 rings (SSSR count). The first-order valence-electron chi connectivity index (χ1n) is 8.06. The molecule has 120 valence electrons. The van der Waals surface area contributed by atoms with Gasteiger partial charge in [-0.25, -0.2) is 4.39 Å². The van der Waals surface area contributed by atoms with Crippen molar-refractivity contribution >= 4 is 11.6 Å². The van der Waals surface area contributed by atoms with E-state index in [4.69, 9.17) is 0 Å². The highest BCUT2D eigenvalue weighted by Crippen LogP contribution is 2.16. The van der Waals surface area contributed by atoms with Gasteiger partial charge in [0, 0.05) is 58.0 Å². The van der Waals surface area contributed by atoms with Crippen LogP contribution in [0.2, 0.25) is 0 Å². The number of anilines is 1. The molecule has 0 unspecified atom stereocenters. The highest BCUT2D eigenvalue weighted by molar-refractivity contribution is 5.80. The zero-order valence-corrected chi connectivity index (χ0v) is 12.9. The summed E-state index contributed by atoms with van der Waals surface area (Å²) in [5.74, 6) is 0.767. The lowest BCUT2D eigenvalue weighted by molar-refractivity contribution is 0.261. The van der Waals surface area contributed by atoms with Crippen LogP contribution in [0.25, 0.3) is 0 Å². The van der Waals surface area contributed by atoms with Crippen LogP contribution in [-0.2, 0) is 0 Å². The number of rotatable bonds is 4. The van der Waals surface area contributed by atoms with Crippen molar-refractivity contribution in [1.82, 2.24) is 15.5 Å². The second-order valence-electron chi connectivity index (χ2n) is 5.74. The van der Waals surface area contributed by atoms with Crippen LogP contribution in [0, 0.1) is 5.82 Å². The number of nitrogens with zero attached hydrogens (tertiary/aromatic N) is 3. The summed E-state index contributed by atoms with van der Waals surface area (Å²) in [6, 6.07) is 6.78. The summed E-state index contributed by atoms with van der Waals surface area (Å²) >= 11 is 0. The number of hydrogen-bond donors (Lipinski definition) is 2. The predicted octanol–water partition coefficient (Wildman–Crippen LogP) is 0.887. The maximum atomic E-state index is 13.0. The zero-order chi connectivity index (χ0) is 15.2. The molecule has 2 aliphatic rings. The van der Waals surface area contributed by atoms with Gasteiger partial charge in [0.15, 0.2) is 5.96 Å². The van der Waals surface area contributed by atoms with E-state index in [-0.39, 0.29) is 5.82 Å². The van der Waals surface area contributed by atoms with E-state index in [1.54, 1.807) is 0 Å². The molecule has 0 amide bonds. The first-order valence-corrected chi connectivity index (χ1v) is 8.06. The Balaban J connectivity index is 1.38. The molecular weight excluding hydrogens is 281 g/mol. The van der Waals surface area contributed by atoms with Crippen LogP contribution in [0.5, 0.6) is 0 Å². The fourth-order valence-corrected chi connectivity index (χ4v) is 2.87. The Labute approximate surface area is 131 Å². The Hall–Kier alpha value is -1.82. The van der Waals surface area contributed by atoms with Crippen molar-refractivity contribution in [3.8, 4) is 0 Å². The molecular formula is C16H24FN5. The van der Waals surface area contributed by atoms with Gasteiger partial charge in [0.1, 0.15) is 5.82 Å². The molecule has 2 heterocycles. The van der Waals surface area contributed by atoms with Gasteiger partial charge in [0.25, 0.3) is 0 Å². The van der Waals surface area contributed by atoms with Crippen molar-refractivity contribution in [3.63, 3.8) is 0 Å². The zero-order valence-electron chi connectivity index (χ0n) is 12.9. The Kier molecular flexibility index (Phi) is 5.11. The van der Waals surface area contributed by atoms with Crippen molar-refractivity contribution < 1.29 is 4.39 Å². The Morgan fingerprint density at radius 3 is 2.59 bits per heavy atom. The molecule has 0 aromatic heterocycles. The van der Waals surface area contributed by atoms with Crippen molar-refractivity contribution in [2.24, 2.45) is 4.99 Å². The van der Waals surface area contributed by atoms with Gasteiger partial charge in [-0.15, -0.1) is 0 Å². The topological polar surface area (TPSA) is 42.9 Å². The smallest absolute Gasteiger partial charge is 0.191 e. The minimum Gasteiger partial charge on any atom is -0.369 e. The largest absolute Gasteiger partial charge is 0.369 e. The normalized spacial score (nSPS) is 19.5. The molecule has 0 aliphatic carbocycles. The van der Waals surface area contributed by atoms with Crippen molar-refractivity contribution in [1.29, 1.82) is 0 Å². The summed E-state index contributed by atoms with van der Waals surface area (Å²) in [7, 11) is 0. The van der Waals surface area contributed by atoms with Gasteiger partial charge in [0.2, 0.25) is 0 Å². The van der Waals surface area contributed by atoms with E-state index in [9.17, 15) is 4.39 Å². The fourth-order valence-electron chi connectivity index (χ4n) is 2.87. The SMILES string of the molecule is Fc1ccc(N2CCN(CCNC3=NCCCN3)CC2)cc1. The summed E-state index contributed by atoms with van der Waals surface area (Å²) in [5.41, 5.74) is 1.11. The van der Waals surface area contributed by atoms with Crippen LogP contribution in [0.15, 0.2) is 29.3 Å². The molecule has 2 aliphatic heterocycles. The summed E-state index contributed by atoms with van der Waals surface area (Å²) in [6.45, 7) is 7.95. The van der Waals surface area contributed by atoms with E-state index < -0.39 is 0 Å². The molecule has 0 spiro atoms. The van der Waals surface area contributed by atoms with Crippen LogP contribution in [0.4, 0.5) is 10.1 Å². The maximum absolute atomic E-state index is 13.0. The van der Waals surface area contributed by atoms with Gasteiger partial charge in [-0.2, -0.15) is 0 Å². The van der Waals surface area contributed by atoms with E-state index in [1.807, 2.05) is 12.1 Å². The highest BCUT2D eigenvalue weighted by atomic mass is 19.1.